The number of hydrogen-bond donors (Lipinski definition) is 2. The van der Waals surface area contributed by atoms with Crippen molar-refractivity contribution in [2.75, 3.05) is 38.2 Å². The standard InChI is InChI=1S/C23H26N3O9PS2/c1-16(27)24-17-4-9-21(35-22(28)3-2-12-33-26(30)31)20(15-17)23(29)34-18-5-7-19(8-6-18)36(37,38)25-10-13-32-14-11-25/h4-9,15H,2-3,10-14H2,1H3,(H,24,27)(H,37,38). The molecule has 1 N–H and O–H groups in total. The molecular weight excluding hydrogens is 557 g/mol. The summed E-state index contributed by atoms with van der Waals surface area (Å²) in [6.07, 6.45) is -0.144. The van der Waals surface area contributed by atoms with Crippen molar-refractivity contribution in [3.8, 4) is 11.5 Å². The van der Waals surface area contributed by atoms with E-state index in [9.17, 15) is 24.5 Å². The van der Waals surface area contributed by atoms with Crippen LogP contribution in [0.25, 0.3) is 0 Å². The minimum Gasteiger partial charge on any atom is -0.426 e. The minimum atomic E-state index is -2.30. The van der Waals surface area contributed by atoms with Gasteiger partial charge in [0.05, 0.1) is 25.2 Å². The zero-order chi connectivity index (χ0) is 27.7. The molecule has 2 aromatic rings. The number of benzene rings is 2. The number of nitrogens with zero attached hydrogens (tertiary/aromatic N) is 2. The molecule has 38 heavy (non-hydrogen) atoms. The molecule has 0 saturated carbocycles. The van der Waals surface area contributed by atoms with Gasteiger partial charge in [-0.25, -0.2) is 4.79 Å². The summed E-state index contributed by atoms with van der Waals surface area (Å²) < 4.78 is 18.3. The first-order valence-electron chi connectivity index (χ1n) is 11.4. The monoisotopic (exact) mass is 583 g/mol. The highest BCUT2D eigenvalue weighted by atomic mass is 32.9. The molecule has 1 aliphatic heterocycles. The fraction of sp³-hybridized carbons (Fsp3) is 0.348. The molecule has 1 atom stereocenters. The van der Waals surface area contributed by atoms with Crippen LogP contribution in [0.2, 0.25) is 0 Å². The van der Waals surface area contributed by atoms with Crippen LogP contribution < -0.4 is 20.1 Å². The summed E-state index contributed by atoms with van der Waals surface area (Å²) in [7, 11) is 0. The van der Waals surface area contributed by atoms with Gasteiger partial charge in [0, 0.05) is 37.4 Å². The van der Waals surface area contributed by atoms with Crippen LogP contribution in [0.3, 0.4) is 0 Å². The van der Waals surface area contributed by atoms with Gasteiger partial charge in [-0.3, -0.25) is 14.3 Å². The molecule has 1 aliphatic rings. The maximum absolute atomic E-state index is 13.0. The first-order chi connectivity index (χ1) is 18.1. The molecule has 3 rings (SSSR count). The summed E-state index contributed by atoms with van der Waals surface area (Å²) in [4.78, 5) is 51.1. The number of ether oxygens (including phenoxy) is 3. The Morgan fingerprint density at radius 3 is 2.47 bits per heavy atom. The average molecular weight is 584 g/mol. The Bertz CT molecular complexity index is 1240. The third-order valence-corrected chi connectivity index (χ3v) is 10.1. The molecular formula is C23H26N3O9PS2. The number of carbonyl (C=O) groups excluding carboxylic acids is 3. The van der Waals surface area contributed by atoms with E-state index in [0.717, 1.165) is 5.30 Å². The lowest BCUT2D eigenvalue weighted by molar-refractivity contribution is -0.757. The predicted molar refractivity (Wildman–Crippen MR) is 145 cm³/mol. The minimum absolute atomic E-state index is 0.0402. The lowest BCUT2D eigenvalue weighted by Crippen LogP contribution is -2.35. The third-order valence-electron chi connectivity index (χ3n) is 5.22. The van der Waals surface area contributed by atoms with Crippen molar-refractivity contribution in [3.05, 3.63) is 58.1 Å². The second-order valence-electron chi connectivity index (χ2n) is 8.02. The summed E-state index contributed by atoms with van der Waals surface area (Å²) in [6, 6.07) is 10.8. The van der Waals surface area contributed by atoms with E-state index in [1.807, 2.05) is 0 Å². The fourth-order valence-electron chi connectivity index (χ4n) is 3.45. The van der Waals surface area contributed by atoms with Crippen LogP contribution in [0.4, 0.5) is 5.69 Å². The molecule has 0 radical (unpaired) electrons. The quantitative estimate of drug-likeness (QED) is 0.0766. The zero-order valence-electron chi connectivity index (χ0n) is 20.4. The number of amides is 1. The molecule has 1 amide bonds. The summed E-state index contributed by atoms with van der Waals surface area (Å²) in [5.41, 5.74) is 0.183. The van der Waals surface area contributed by atoms with Crippen molar-refractivity contribution in [1.82, 2.24) is 4.67 Å². The highest BCUT2D eigenvalue weighted by molar-refractivity contribution is 8.65. The Hall–Kier alpha value is -3.03. The van der Waals surface area contributed by atoms with Crippen molar-refractivity contribution in [2.45, 2.75) is 19.8 Å². The lowest BCUT2D eigenvalue weighted by atomic mass is 10.1. The van der Waals surface area contributed by atoms with Crippen molar-refractivity contribution in [1.29, 1.82) is 0 Å². The molecule has 1 unspecified atom stereocenters. The first kappa shape index (κ1) is 29.5. The maximum atomic E-state index is 13.0. The first-order valence-corrected chi connectivity index (χ1v) is 15.4. The molecule has 12 nitrogen and oxygen atoms in total. The number of thiol groups is 1. The van der Waals surface area contributed by atoms with Gasteiger partial charge in [0.2, 0.25) is 5.91 Å². The van der Waals surface area contributed by atoms with E-state index in [-0.39, 0.29) is 42.4 Å². The number of rotatable bonds is 11. The molecule has 0 aromatic heterocycles. The largest absolute Gasteiger partial charge is 0.426 e. The third kappa shape index (κ3) is 8.50. The maximum Gasteiger partial charge on any atom is 0.347 e. The van der Waals surface area contributed by atoms with Gasteiger partial charge in [0.15, 0.2) is 0 Å². The Balaban J connectivity index is 1.74. The van der Waals surface area contributed by atoms with Gasteiger partial charge < -0.3 is 24.4 Å². The van der Waals surface area contributed by atoms with Gasteiger partial charge in [-0.2, -0.15) is 0 Å². The number of nitrogens with one attached hydrogen (secondary N) is 1. The van der Waals surface area contributed by atoms with E-state index < -0.39 is 22.4 Å². The number of morpholine rings is 1. The lowest BCUT2D eigenvalue weighted by Gasteiger charge is -2.34. The summed E-state index contributed by atoms with van der Waals surface area (Å²) >= 11 is 10.6. The molecule has 15 heteroatoms. The van der Waals surface area contributed by atoms with E-state index in [1.165, 1.54) is 25.1 Å². The van der Waals surface area contributed by atoms with Crippen LogP contribution in [0.15, 0.2) is 42.5 Å². The van der Waals surface area contributed by atoms with E-state index >= 15 is 0 Å². The Morgan fingerprint density at radius 2 is 1.84 bits per heavy atom. The molecule has 0 aliphatic carbocycles. The van der Waals surface area contributed by atoms with Gasteiger partial charge >= 0.3 is 11.9 Å². The van der Waals surface area contributed by atoms with Crippen LogP contribution in [-0.2, 0) is 31.0 Å². The Morgan fingerprint density at radius 1 is 1.16 bits per heavy atom. The van der Waals surface area contributed by atoms with Gasteiger partial charge in [-0.15, -0.1) is 22.4 Å². The van der Waals surface area contributed by atoms with Crippen molar-refractivity contribution < 1.29 is 38.5 Å². The number of anilines is 1. The Labute approximate surface area is 228 Å². The van der Waals surface area contributed by atoms with Crippen LogP contribution in [0.1, 0.15) is 30.1 Å². The summed E-state index contributed by atoms with van der Waals surface area (Å²) in [6.45, 7) is 3.58. The molecule has 0 bridgehead atoms. The molecule has 0 spiro atoms. The highest BCUT2D eigenvalue weighted by Crippen LogP contribution is 2.53. The summed E-state index contributed by atoms with van der Waals surface area (Å²) in [5, 5.41) is 10.4. The molecule has 1 heterocycles. The van der Waals surface area contributed by atoms with Crippen LogP contribution in [-0.4, -0.2) is 60.5 Å². The van der Waals surface area contributed by atoms with Gasteiger partial charge in [-0.05, 0) is 48.9 Å². The van der Waals surface area contributed by atoms with Crippen LogP contribution in [0.5, 0.6) is 11.5 Å². The number of esters is 2. The Kier molecular flexibility index (Phi) is 10.6. The van der Waals surface area contributed by atoms with Crippen molar-refractivity contribution >= 4 is 58.3 Å². The van der Waals surface area contributed by atoms with Crippen molar-refractivity contribution in [2.24, 2.45) is 0 Å². The van der Waals surface area contributed by atoms with Gasteiger partial charge in [0.25, 0.3) is 5.09 Å². The summed E-state index contributed by atoms with van der Waals surface area (Å²) in [5.74, 6) is -1.80. The SMILES string of the molecule is CC(=O)Nc1ccc(OC(=O)CCCO[N+](=O)[O-])c(C(=O)Oc2ccc(P(=S)(S)N3CCOCC3)cc2)c1. The second-order valence-corrected chi connectivity index (χ2v) is 14.3. The van der Waals surface area contributed by atoms with E-state index in [2.05, 4.69) is 14.8 Å². The number of hydrogen-bond acceptors (Lipinski definition) is 10. The molecule has 1 saturated heterocycles. The highest BCUT2D eigenvalue weighted by Gasteiger charge is 2.26. The molecule has 204 valence electrons. The average Bonchev–Trinajstić information content (AvgIpc) is 2.88. The van der Waals surface area contributed by atoms with Crippen LogP contribution in [0, 0.1) is 10.1 Å². The zero-order valence-corrected chi connectivity index (χ0v) is 23.0. The molecule has 1 fully saturated rings. The van der Waals surface area contributed by atoms with Gasteiger partial charge in [0.1, 0.15) is 17.1 Å². The van der Waals surface area contributed by atoms with E-state index in [4.69, 9.17) is 38.3 Å². The normalized spacial score (nSPS) is 15.1. The molecule has 2 aromatic carbocycles. The van der Waals surface area contributed by atoms with Crippen molar-refractivity contribution in [3.63, 3.8) is 0 Å². The smallest absolute Gasteiger partial charge is 0.347 e. The van der Waals surface area contributed by atoms with E-state index in [1.54, 1.807) is 24.3 Å². The van der Waals surface area contributed by atoms with Gasteiger partial charge in [-0.1, -0.05) is 11.8 Å². The number of carbonyl (C=O) groups is 3. The van der Waals surface area contributed by atoms with Crippen LogP contribution >= 0.6 is 17.6 Å². The second kappa shape index (κ2) is 13.7. The van der Waals surface area contributed by atoms with E-state index in [0.29, 0.717) is 32.0 Å². The fourth-order valence-corrected chi connectivity index (χ4v) is 6.81. The predicted octanol–water partition coefficient (Wildman–Crippen LogP) is 2.95. The topological polar surface area (TPSA) is 147 Å².